The molecule has 2 heterocycles. The van der Waals surface area contributed by atoms with Gasteiger partial charge < -0.3 is 9.47 Å². The van der Waals surface area contributed by atoms with E-state index in [4.69, 9.17) is 0 Å². The number of rotatable bonds is 4. The van der Waals surface area contributed by atoms with Gasteiger partial charge in [0.15, 0.2) is 0 Å². The molecule has 0 spiro atoms. The van der Waals surface area contributed by atoms with Gasteiger partial charge in [0.2, 0.25) is 0 Å². The second-order valence-corrected chi connectivity index (χ2v) is 15.2. The maximum Gasteiger partial charge on any atom is 0.0583 e. The predicted molar refractivity (Wildman–Crippen MR) is 203 cm³/mol. The Balaban J connectivity index is 1.17. The summed E-state index contributed by atoms with van der Waals surface area (Å²) in [5.41, 5.74) is 13.5. The van der Waals surface area contributed by atoms with Gasteiger partial charge in [0.25, 0.3) is 0 Å². The third-order valence-electron chi connectivity index (χ3n) is 11.8. The highest BCUT2D eigenvalue weighted by molar-refractivity contribution is 5.93. The summed E-state index contributed by atoms with van der Waals surface area (Å²) in [6.07, 6.45) is 29.1. The van der Waals surface area contributed by atoms with Crippen LogP contribution >= 0.6 is 0 Å². The minimum absolute atomic E-state index is 0.0339. The lowest BCUT2D eigenvalue weighted by atomic mass is 9.73. The highest BCUT2D eigenvalue weighted by Crippen LogP contribution is 2.56. The molecule has 4 aliphatic carbocycles. The average Bonchev–Trinajstić information content (AvgIpc) is 3.56. The van der Waals surface area contributed by atoms with Crippen LogP contribution in [0.4, 0.5) is 5.69 Å². The smallest absolute Gasteiger partial charge is 0.0583 e. The summed E-state index contributed by atoms with van der Waals surface area (Å²) in [7, 11) is 0. The zero-order valence-corrected chi connectivity index (χ0v) is 28.5. The van der Waals surface area contributed by atoms with Crippen molar-refractivity contribution in [2.45, 2.75) is 63.8 Å². The van der Waals surface area contributed by atoms with Crippen molar-refractivity contribution < 1.29 is 0 Å². The standard InChI is InChI=1S/C46H44N2/c1-31-16-18-33(19-17-31)34-20-25-40(32(2)28-34)48-42-15-9-7-13-39(42)46(4)30-38-37-12-6-8-14-41(37)47(43(38)29-44(46)48)36-23-21-35(22-24-36)45(3)26-10-5-11-27-45/h5-16,18-26,28-29,31-32,40H,17,27,30H2,1-4H3. The number of para-hydroxylation sites is 2. The maximum absolute atomic E-state index is 2.68. The van der Waals surface area contributed by atoms with Gasteiger partial charge in [-0.25, -0.2) is 0 Å². The molecule has 9 rings (SSSR count). The van der Waals surface area contributed by atoms with Gasteiger partial charge in [-0.15, -0.1) is 0 Å². The van der Waals surface area contributed by atoms with E-state index in [0.29, 0.717) is 11.8 Å². The molecule has 2 heteroatoms. The molecule has 5 aliphatic rings. The van der Waals surface area contributed by atoms with E-state index >= 15 is 0 Å². The van der Waals surface area contributed by atoms with Gasteiger partial charge >= 0.3 is 0 Å². The third-order valence-corrected chi connectivity index (χ3v) is 11.8. The van der Waals surface area contributed by atoms with Gasteiger partial charge in [0.1, 0.15) is 0 Å². The normalized spacial score (nSPS) is 28.5. The molecule has 0 radical (unpaired) electrons. The van der Waals surface area contributed by atoms with E-state index in [1.54, 1.807) is 0 Å². The van der Waals surface area contributed by atoms with Gasteiger partial charge in [-0.1, -0.05) is 130 Å². The van der Waals surface area contributed by atoms with Crippen molar-refractivity contribution >= 4 is 22.7 Å². The van der Waals surface area contributed by atoms with E-state index in [1.165, 1.54) is 61.5 Å². The number of aromatic nitrogens is 1. The number of allylic oxidation sites excluding steroid dienone is 11. The fourth-order valence-corrected chi connectivity index (χ4v) is 9.05. The molecule has 0 saturated heterocycles. The molecule has 1 aliphatic heterocycles. The summed E-state index contributed by atoms with van der Waals surface area (Å²) in [5, 5.41) is 1.36. The number of nitrogens with zero attached hydrogens (tertiary/aromatic N) is 2. The molecular weight excluding hydrogens is 581 g/mol. The molecular formula is C46H44N2. The van der Waals surface area contributed by atoms with E-state index in [0.717, 1.165) is 19.3 Å². The van der Waals surface area contributed by atoms with Crippen LogP contribution < -0.4 is 4.90 Å². The molecule has 1 aromatic heterocycles. The third kappa shape index (κ3) is 4.38. The highest BCUT2D eigenvalue weighted by atomic mass is 15.2. The fraction of sp³-hybridized carbons (Fsp3) is 0.261. The van der Waals surface area contributed by atoms with Crippen molar-refractivity contribution in [2.75, 3.05) is 4.90 Å². The van der Waals surface area contributed by atoms with Crippen molar-refractivity contribution in [3.05, 3.63) is 173 Å². The van der Waals surface area contributed by atoms with Crippen LogP contribution in [0, 0.1) is 11.8 Å². The molecule has 5 atom stereocenters. The van der Waals surface area contributed by atoms with Gasteiger partial charge in [-0.05, 0) is 96.2 Å². The van der Waals surface area contributed by atoms with Crippen molar-refractivity contribution in [3.8, 4) is 5.69 Å². The van der Waals surface area contributed by atoms with E-state index in [-0.39, 0.29) is 16.9 Å². The van der Waals surface area contributed by atoms with Crippen LogP contribution in [0.15, 0.2) is 150 Å². The average molecular weight is 625 g/mol. The Morgan fingerprint density at radius 1 is 0.812 bits per heavy atom. The van der Waals surface area contributed by atoms with Crippen LogP contribution in [0.3, 0.4) is 0 Å². The first kappa shape index (κ1) is 29.3. The van der Waals surface area contributed by atoms with Gasteiger partial charge in [0, 0.05) is 33.3 Å². The molecule has 0 N–H and O–H groups in total. The lowest BCUT2D eigenvalue weighted by molar-refractivity contribution is 0.526. The summed E-state index contributed by atoms with van der Waals surface area (Å²) in [4.78, 5) is 2.68. The Morgan fingerprint density at radius 3 is 2.38 bits per heavy atom. The topological polar surface area (TPSA) is 8.17 Å². The molecule has 48 heavy (non-hydrogen) atoms. The lowest BCUT2D eigenvalue weighted by Gasteiger charge is -2.39. The zero-order valence-electron chi connectivity index (χ0n) is 28.5. The molecule has 0 fully saturated rings. The molecule has 0 saturated carbocycles. The molecule has 3 aromatic carbocycles. The number of anilines is 1. The van der Waals surface area contributed by atoms with Gasteiger partial charge in [0.05, 0.1) is 17.3 Å². The Labute approximate surface area is 285 Å². The molecule has 238 valence electrons. The molecule has 2 nitrogen and oxygen atoms in total. The minimum atomic E-state index is -0.111. The summed E-state index contributed by atoms with van der Waals surface area (Å²) < 4.78 is 2.52. The molecule has 5 unspecified atom stereocenters. The second-order valence-electron chi connectivity index (χ2n) is 15.2. The molecule has 0 amide bonds. The summed E-state index contributed by atoms with van der Waals surface area (Å²) in [6, 6.07) is 27.8. The van der Waals surface area contributed by atoms with Crippen molar-refractivity contribution in [1.29, 1.82) is 0 Å². The number of hydrogen-bond donors (Lipinski definition) is 0. The van der Waals surface area contributed by atoms with Crippen LogP contribution in [-0.4, -0.2) is 10.6 Å². The van der Waals surface area contributed by atoms with E-state index in [9.17, 15) is 0 Å². The first-order valence-electron chi connectivity index (χ1n) is 17.8. The SMILES string of the molecule is CC1C=CC(C2=CC(C)C(N3C4=Cc5c(c6ccccc6n5-c5ccc(C6(C)C=CC=CC6)cc5)CC4(C)c4ccccc43)C=C2)=CC1. The lowest BCUT2D eigenvalue weighted by Crippen LogP contribution is -2.41. The minimum Gasteiger partial charge on any atom is -0.336 e. The van der Waals surface area contributed by atoms with E-state index in [2.05, 4.69) is 177 Å². The summed E-state index contributed by atoms with van der Waals surface area (Å²) in [6.45, 7) is 9.51. The van der Waals surface area contributed by atoms with Crippen molar-refractivity contribution in [2.24, 2.45) is 11.8 Å². The first-order valence-corrected chi connectivity index (χ1v) is 17.8. The van der Waals surface area contributed by atoms with Crippen LogP contribution in [0.5, 0.6) is 0 Å². The second kappa shape index (κ2) is 10.9. The Hall–Kier alpha value is -4.82. The van der Waals surface area contributed by atoms with Crippen molar-refractivity contribution in [3.63, 3.8) is 0 Å². The van der Waals surface area contributed by atoms with Gasteiger partial charge in [-0.3, -0.25) is 0 Å². The van der Waals surface area contributed by atoms with E-state index in [1.807, 2.05) is 0 Å². The van der Waals surface area contributed by atoms with Crippen LogP contribution in [0.25, 0.3) is 22.7 Å². The first-order chi connectivity index (χ1) is 23.3. The fourth-order valence-electron chi connectivity index (χ4n) is 9.05. The monoisotopic (exact) mass is 624 g/mol. The van der Waals surface area contributed by atoms with Crippen LogP contribution in [-0.2, 0) is 17.3 Å². The van der Waals surface area contributed by atoms with Crippen LogP contribution in [0.1, 0.15) is 62.9 Å². The highest BCUT2D eigenvalue weighted by Gasteiger charge is 2.49. The van der Waals surface area contributed by atoms with Crippen LogP contribution in [0.2, 0.25) is 0 Å². The predicted octanol–water partition coefficient (Wildman–Crippen LogP) is 11.1. The maximum atomic E-state index is 2.68. The number of benzene rings is 3. The van der Waals surface area contributed by atoms with E-state index < -0.39 is 0 Å². The Morgan fingerprint density at radius 2 is 1.60 bits per heavy atom. The molecule has 0 bridgehead atoms. The summed E-state index contributed by atoms with van der Waals surface area (Å²) in [5.74, 6) is 0.983. The number of fused-ring (bicyclic) bond motifs is 6. The number of hydrogen-bond acceptors (Lipinski definition) is 1. The Bertz CT molecular complexity index is 2180. The molecule has 4 aromatic rings. The largest absolute Gasteiger partial charge is 0.336 e. The Kier molecular flexibility index (Phi) is 6.63. The van der Waals surface area contributed by atoms with Gasteiger partial charge in [-0.2, -0.15) is 0 Å². The summed E-state index contributed by atoms with van der Waals surface area (Å²) >= 11 is 0. The zero-order chi connectivity index (χ0) is 32.6. The van der Waals surface area contributed by atoms with Crippen molar-refractivity contribution in [1.82, 2.24) is 4.57 Å². The quantitative estimate of drug-likeness (QED) is 0.219.